The van der Waals surface area contributed by atoms with E-state index in [1.54, 1.807) is 0 Å². The molecule has 6 nitrogen and oxygen atoms in total. The van der Waals surface area contributed by atoms with E-state index in [2.05, 4.69) is 4.72 Å². The zero-order valence-corrected chi connectivity index (χ0v) is 13.0. The van der Waals surface area contributed by atoms with Crippen LogP contribution >= 0.6 is 11.6 Å². The molecule has 2 N–H and O–H groups in total. The van der Waals surface area contributed by atoms with Gasteiger partial charge in [0.2, 0.25) is 10.0 Å². The lowest BCUT2D eigenvalue weighted by atomic mass is 10.2. The molecule has 0 aliphatic heterocycles. The lowest BCUT2D eigenvalue weighted by molar-refractivity contribution is 0.0736. The summed E-state index contributed by atoms with van der Waals surface area (Å²) in [6.45, 7) is 0.396. The highest BCUT2D eigenvalue weighted by Crippen LogP contribution is 2.24. The molecule has 9 heteroatoms. The van der Waals surface area contributed by atoms with E-state index in [1.807, 2.05) is 0 Å². The van der Waals surface area contributed by atoms with Gasteiger partial charge in [-0.1, -0.05) is 11.6 Å². The molecule has 0 aliphatic rings. The number of aliphatic hydroxyl groups excluding tert-OH is 1. The molecule has 0 saturated carbocycles. The van der Waals surface area contributed by atoms with E-state index in [-0.39, 0.29) is 28.6 Å². The largest absolute Gasteiger partial charge is 0.392 e. The lowest BCUT2D eigenvalue weighted by Crippen LogP contribution is -2.28. The number of rotatable bonds is 9. The molecule has 0 spiro atoms. The van der Waals surface area contributed by atoms with Gasteiger partial charge in [-0.2, -0.15) is 0 Å². The molecule has 0 saturated heterocycles. The summed E-state index contributed by atoms with van der Waals surface area (Å²) in [4.78, 5) is -0.301. The lowest BCUT2D eigenvalue weighted by Gasteiger charge is -2.10. The fourth-order valence-corrected chi connectivity index (χ4v) is 2.71. The van der Waals surface area contributed by atoms with Crippen LogP contribution in [0, 0.1) is 5.82 Å². The highest BCUT2D eigenvalue weighted by Gasteiger charge is 2.18. The van der Waals surface area contributed by atoms with Gasteiger partial charge in [-0.25, -0.2) is 17.5 Å². The Balaban J connectivity index is 2.68. The van der Waals surface area contributed by atoms with Crippen molar-refractivity contribution in [2.45, 2.75) is 11.5 Å². The molecule has 0 amide bonds. The summed E-state index contributed by atoms with van der Waals surface area (Å²) in [6, 6.07) is 1.93. The fourth-order valence-electron chi connectivity index (χ4n) is 1.46. The van der Waals surface area contributed by atoms with E-state index in [9.17, 15) is 12.8 Å². The van der Waals surface area contributed by atoms with E-state index in [0.717, 1.165) is 12.1 Å². The van der Waals surface area contributed by atoms with Gasteiger partial charge in [-0.15, -0.1) is 0 Å². The number of halogens is 2. The van der Waals surface area contributed by atoms with Crippen molar-refractivity contribution < 1.29 is 27.4 Å². The predicted molar refractivity (Wildman–Crippen MR) is 75.2 cm³/mol. The number of methoxy groups -OCH3 is 1. The maximum absolute atomic E-state index is 13.5. The highest BCUT2D eigenvalue weighted by atomic mass is 35.5. The van der Waals surface area contributed by atoms with E-state index < -0.39 is 22.4 Å². The first-order chi connectivity index (χ1) is 9.92. The first kappa shape index (κ1) is 18.3. The first-order valence-electron chi connectivity index (χ1n) is 6.07. The number of hydrogen-bond donors (Lipinski definition) is 2. The smallest absolute Gasteiger partial charge is 0.240 e. The Hall–Kier alpha value is -0.770. The molecule has 0 fully saturated rings. The van der Waals surface area contributed by atoms with E-state index in [1.165, 1.54) is 7.11 Å². The third-order valence-electron chi connectivity index (χ3n) is 2.53. The minimum atomic E-state index is -3.90. The van der Waals surface area contributed by atoms with Crippen LogP contribution in [0.2, 0.25) is 5.02 Å². The average molecular weight is 342 g/mol. The van der Waals surface area contributed by atoms with Gasteiger partial charge in [0.25, 0.3) is 0 Å². The molecule has 1 rings (SSSR count). The summed E-state index contributed by atoms with van der Waals surface area (Å²) in [7, 11) is -2.37. The number of ether oxygens (including phenoxy) is 2. The fraction of sp³-hybridized carbons (Fsp3) is 0.500. The third kappa shape index (κ3) is 5.50. The van der Waals surface area contributed by atoms with Crippen LogP contribution in [0.25, 0.3) is 0 Å². The summed E-state index contributed by atoms with van der Waals surface area (Å²) in [5.74, 6) is -0.903. The van der Waals surface area contributed by atoms with Crippen molar-refractivity contribution in [3.05, 3.63) is 28.5 Å². The highest BCUT2D eigenvalue weighted by molar-refractivity contribution is 7.89. The number of aliphatic hydroxyl groups is 1. The van der Waals surface area contributed by atoms with Crippen molar-refractivity contribution in [2.24, 2.45) is 0 Å². The molecule has 0 heterocycles. The van der Waals surface area contributed by atoms with E-state index in [0.29, 0.717) is 13.2 Å². The standard InChI is InChI=1S/C12H17ClFNO5S/c1-19-4-5-20-3-2-15-21(17,18)10-6-9(8-16)12(13)11(14)7-10/h6-7,15-16H,2-5,8H2,1H3. The normalized spacial score (nSPS) is 11.8. The maximum atomic E-state index is 13.5. The SMILES string of the molecule is COCCOCCNS(=O)(=O)c1cc(F)c(Cl)c(CO)c1. The molecule has 1 aromatic rings. The number of hydrogen-bond acceptors (Lipinski definition) is 5. The van der Waals surface area contributed by atoms with Crippen LogP contribution in [-0.2, 0) is 26.1 Å². The summed E-state index contributed by atoms with van der Waals surface area (Å²) in [5.41, 5.74) is 0.00777. The molecule has 1 aromatic carbocycles. The Kier molecular flexibility index (Phi) is 7.50. The molecule has 0 atom stereocenters. The summed E-state index contributed by atoms with van der Waals surface area (Å²) in [6.07, 6.45) is 0. The Labute approximate surface area is 127 Å². The van der Waals surface area contributed by atoms with Crippen LogP contribution in [0.5, 0.6) is 0 Å². The van der Waals surface area contributed by atoms with Gasteiger partial charge in [0.05, 0.1) is 36.3 Å². The monoisotopic (exact) mass is 341 g/mol. The molecule has 0 aromatic heterocycles. The second-order valence-corrected chi connectivity index (χ2v) is 6.18. The van der Waals surface area contributed by atoms with Crippen molar-refractivity contribution in [1.29, 1.82) is 0 Å². The van der Waals surface area contributed by atoms with Gasteiger partial charge in [0.15, 0.2) is 0 Å². The Morgan fingerprint density at radius 3 is 2.67 bits per heavy atom. The third-order valence-corrected chi connectivity index (χ3v) is 4.39. The zero-order valence-electron chi connectivity index (χ0n) is 11.4. The van der Waals surface area contributed by atoms with E-state index in [4.69, 9.17) is 26.2 Å². The Morgan fingerprint density at radius 1 is 1.33 bits per heavy atom. The van der Waals surface area contributed by atoms with Gasteiger partial charge < -0.3 is 14.6 Å². The summed E-state index contributed by atoms with van der Waals surface area (Å²) < 4.78 is 49.6. The van der Waals surface area contributed by atoms with Gasteiger partial charge in [0.1, 0.15) is 5.82 Å². The van der Waals surface area contributed by atoms with Crippen molar-refractivity contribution >= 4 is 21.6 Å². The van der Waals surface area contributed by atoms with Crippen molar-refractivity contribution in [3.63, 3.8) is 0 Å². The number of nitrogens with one attached hydrogen (secondary N) is 1. The van der Waals surface area contributed by atoms with Crippen LogP contribution < -0.4 is 4.72 Å². The predicted octanol–water partition coefficient (Wildman–Crippen LogP) is 0.913. The van der Waals surface area contributed by atoms with E-state index >= 15 is 0 Å². The molecule has 21 heavy (non-hydrogen) atoms. The minimum Gasteiger partial charge on any atom is -0.392 e. The van der Waals surface area contributed by atoms with Gasteiger partial charge in [0, 0.05) is 19.2 Å². The topological polar surface area (TPSA) is 84.9 Å². The van der Waals surface area contributed by atoms with Crippen LogP contribution in [0.1, 0.15) is 5.56 Å². The molecule has 0 bridgehead atoms. The summed E-state index contributed by atoms with van der Waals surface area (Å²) >= 11 is 5.61. The van der Waals surface area contributed by atoms with Gasteiger partial charge in [-0.3, -0.25) is 0 Å². The van der Waals surface area contributed by atoms with Crippen LogP contribution in [-0.4, -0.2) is 47.0 Å². The van der Waals surface area contributed by atoms with Crippen LogP contribution in [0.4, 0.5) is 4.39 Å². The summed E-state index contributed by atoms with van der Waals surface area (Å²) in [5, 5.41) is 8.74. The zero-order chi connectivity index (χ0) is 15.9. The van der Waals surface area contributed by atoms with Crippen molar-refractivity contribution in [2.75, 3.05) is 33.5 Å². The molecular formula is C12H17ClFNO5S. The number of benzene rings is 1. The van der Waals surface area contributed by atoms with Crippen LogP contribution in [0.15, 0.2) is 17.0 Å². The van der Waals surface area contributed by atoms with Crippen LogP contribution in [0.3, 0.4) is 0 Å². The average Bonchev–Trinajstić information content (AvgIpc) is 2.45. The van der Waals surface area contributed by atoms with Crippen molar-refractivity contribution in [1.82, 2.24) is 4.72 Å². The molecule has 0 unspecified atom stereocenters. The van der Waals surface area contributed by atoms with Gasteiger partial charge in [-0.05, 0) is 12.1 Å². The quantitative estimate of drug-likeness (QED) is 0.652. The Bertz CT molecular complexity index is 567. The Morgan fingerprint density at radius 2 is 2.05 bits per heavy atom. The number of sulfonamides is 1. The molecule has 120 valence electrons. The van der Waals surface area contributed by atoms with Crippen molar-refractivity contribution in [3.8, 4) is 0 Å². The molecule has 0 aliphatic carbocycles. The van der Waals surface area contributed by atoms with Gasteiger partial charge >= 0.3 is 0 Å². The molecular weight excluding hydrogens is 325 g/mol. The first-order valence-corrected chi connectivity index (χ1v) is 7.93. The molecule has 0 radical (unpaired) electrons. The second-order valence-electron chi connectivity index (χ2n) is 4.04. The second kappa shape index (κ2) is 8.62. The maximum Gasteiger partial charge on any atom is 0.240 e. The minimum absolute atomic E-state index is 0.00777.